The van der Waals surface area contributed by atoms with Crippen LogP contribution in [0.3, 0.4) is 0 Å². The van der Waals surface area contributed by atoms with Crippen molar-refractivity contribution < 1.29 is 33.4 Å². The Hall–Kier alpha value is -4.12. The summed E-state index contributed by atoms with van der Waals surface area (Å²) in [5.74, 6) is -1.81. The van der Waals surface area contributed by atoms with Gasteiger partial charge in [0.25, 0.3) is 0 Å². The van der Waals surface area contributed by atoms with Gasteiger partial charge in [-0.25, -0.2) is 19.1 Å². The normalized spacial score (nSPS) is 14.0. The Labute approximate surface area is 194 Å². The van der Waals surface area contributed by atoms with Crippen molar-refractivity contribution in [1.29, 1.82) is 0 Å². The molecule has 11 heteroatoms. The standard InChI is InChI=1S/C12H11N3O5.C11H13NO2/c1-6(16)9-4-8(12(18)19-3)14-11-10(20-7(2)17)5-13-15(9)11;1-14-11(13)8-2-4-9-7(6-8)3-5-10(9)12/h4-5H,1-3H3;2,4,6,10H,3,5,12H2,1H3/t;10-/m.0/s1. The average Bonchev–Trinajstić information content (AvgIpc) is 3.40. The fraction of sp³-hybridized carbons (Fsp3) is 0.304. The molecule has 0 radical (unpaired) electrons. The Morgan fingerprint density at radius 2 is 1.76 bits per heavy atom. The molecule has 0 saturated carbocycles. The van der Waals surface area contributed by atoms with Gasteiger partial charge in [-0.2, -0.15) is 5.10 Å². The number of Topliss-reactive ketones (excluding diaryl/α,β-unsaturated/α-hetero) is 1. The van der Waals surface area contributed by atoms with Crippen molar-refractivity contribution in [2.75, 3.05) is 14.2 Å². The zero-order chi connectivity index (χ0) is 25.0. The lowest BCUT2D eigenvalue weighted by Crippen LogP contribution is -2.12. The fourth-order valence-electron chi connectivity index (χ4n) is 3.52. The summed E-state index contributed by atoms with van der Waals surface area (Å²) in [4.78, 5) is 49.4. The van der Waals surface area contributed by atoms with Crippen LogP contribution in [0.5, 0.6) is 5.75 Å². The number of nitrogens with two attached hydrogens (primary N) is 1. The molecule has 3 aromatic rings. The first-order valence-corrected chi connectivity index (χ1v) is 10.3. The number of carbonyl (C=O) groups is 4. The maximum Gasteiger partial charge on any atom is 0.356 e. The van der Waals surface area contributed by atoms with E-state index in [1.54, 1.807) is 6.07 Å². The van der Waals surface area contributed by atoms with Gasteiger partial charge in [-0.15, -0.1) is 0 Å². The van der Waals surface area contributed by atoms with E-state index in [9.17, 15) is 19.2 Å². The summed E-state index contributed by atoms with van der Waals surface area (Å²) in [7, 11) is 2.59. The Morgan fingerprint density at radius 3 is 2.38 bits per heavy atom. The molecule has 0 bridgehead atoms. The Kier molecular flexibility index (Phi) is 7.37. The van der Waals surface area contributed by atoms with Gasteiger partial charge >= 0.3 is 17.9 Å². The summed E-state index contributed by atoms with van der Waals surface area (Å²) in [6.45, 7) is 2.54. The molecular formula is C23H24N4O7. The van der Waals surface area contributed by atoms with E-state index in [1.165, 1.54) is 50.4 Å². The fourth-order valence-corrected chi connectivity index (χ4v) is 3.52. The third-order valence-electron chi connectivity index (χ3n) is 5.14. The quantitative estimate of drug-likeness (QED) is 0.445. The molecule has 0 unspecified atom stereocenters. The number of rotatable bonds is 4. The lowest BCUT2D eigenvalue weighted by Gasteiger charge is -2.05. The third kappa shape index (κ3) is 5.09. The van der Waals surface area contributed by atoms with Crippen LogP contribution in [-0.2, 0) is 20.7 Å². The van der Waals surface area contributed by atoms with Gasteiger partial charge in [-0.3, -0.25) is 9.59 Å². The molecule has 0 amide bonds. The Balaban J connectivity index is 0.000000202. The summed E-state index contributed by atoms with van der Waals surface area (Å²) in [6.07, 6.45) is 3.18. The monoisotopic (exact) mass is 468 g/mol. The molecular weight excluding hydrogens is 444 g/mol. The first-order valence-electron chi connectivity index (χ1n) is 10.3. The molecule has 0 aliphatic heterocycles. The van der Waals surface area contributed by atoms with E-state index in [0.717, 1.165) is 18.4 Å². The minimum Gasteiger partial charge on any atom is -0.465 e. The molecule has 0 spiro atoms. The van der Waals surface area contributed by atoms with Crippen molar-refractivity contribution in [2.45, 2.75) is 32.7 Å². The van der Waals surface area contributed by atoms with E-state index < -0.39 is 11.9 Å². The summed E-state index contributed by atoms with van der Waals surface area (Å²) in [5, 5.41) is 3.92. The molecule has 2 aromatic heterocycles. The number of aromatic nitrogens is 3. The van der Waals surface area contributed by atoms with E-state index in [4.69, 9.17) is 10.5 Å². The zero-order valence-corrected chi connectivity index (χ0v) is 19.2. The van der Waals surface area contributed by atoms with Gasteiger partial charge in [-0.05, 0) is 36.1 Å². The van der Waals surface area contributed by atoms with Crippen LogP contribution in [0.4, 0.5) is 0 Å². The lowest BCUT2D eigenvalue weighted by atomic mass is 10.1. The van der Waals surface area contributed by atoms with Crippen molar-refractivity contribution in [3.8, 4) is 5.75 Å². The second kappa shape index (κ2) is 10.2. The SMILES string of the molecule is COC(=O)c1cc(C(C)=O)n2ncc(OC(C)=O)c2n1.COC(=O)c1ccc2c(c1)CC[C@@H]2N. The minimum atomic E-state index is -0.704. The van der Waals surface area contributed by atoms with Crippen molar-refractivity contribution >= 4 is 29.3 Å². The number of fused-ring (bicyclic) bond motifs is 2. The van der Waals surface area contributed by atoms with E-state index >= 15 is 0 Å². The van der Waals surface area contributed by atoms with Crippen LogP contribution in [0.25, 0.3) is 5.65 Å². The van der Waals surface area contributed by atoms with Crippen LogP contribution in [0.15, 0.2) is 30.5 Å². The molecule has 4 rings (SSSR count). The topological polar surface area (TPSA) is 152 Å². The first-order chi connectivity index (χ1) is 16.2. The van der Waals surface area contributed by atoms with Gasteiger partial charge in [0, 0.05) is 26.0 Å². The van der Waals surface area contributed by atoms with Gasteiger partial charge in [0.1, 0.15) is 5.69 Å². The van der Waals surface area contributed by atoms with Crippen LogP contribution in [-0.4, -0.2) is 52.5 Å². The van der Waals surface area contributed by atoms with Gasteiger partial charge in [-0.1, -0.05) is 6.07 Å². The third-order valence-corrected chi connectivity index (χ3v) is 5.14. The summed E-state index contributed by atoms with van der Waals surface area (Å²) in [5.41, 5.74) is 9.00. The molecule has 0 saturated heterocycles. The van der Waals surface area contributed by atoms with Crippen LogP contribution in [0, 0.1) is 0 Å². The highest BCUT2D eigenvalue weighted by Crippen LogP contribution is 2.29. The van der Waals surface area contributed by atoms with Crippen molar-refractivity contribution in [2.24, 2.45) is 5.73 Å². The number of ether oxygens (including phenoxy) is 3. The number of benzene rings is 1. The molecule has 2 heterocycles. The molecule has 1 aliphatic rings. The largest absolute Gasteiger partial charge is 0.465 e. The van der Waals surface area contributed by atoms with Crippen LogP contribution < -0.4 is 10.5 Å². The minimum absolute atomic E-state index is 0.0609. The predicted molar refractivity (Wildman–Crippen MR) is 119 cm³/mol. The number of nitrogens with zero attached hydrogens (tertiary/aromatic N) is 3. The molecule has 1 aliphatic carbocycles. The highest BCUT2D eigenvalue weighted by molar-refractivity contribution is 5.96. The van der Waals surface area contributed by atoms with Crippen molar-refractivity contribution in [1.82, 2.24) is 14.6 Å². The molecule has 1 atom stereocenters. The second-order valence-electron chi connectivity index (χ2n) is 7.46. The number of aryl methyl sites for hydroxylation is 1. The molecule has 178 valence electrons. The van der Waals surface area contributed by atoms with Crippen molar-refractivity contribution in [3.05, 3.63) is 58.5 Å². The van der Waals surface area contributed by atoms with E-state index in [0.29, 0.717) is 5.56 Å². The average molecular weight is 468 g/mol. The highest BCUT2D eigenvalue weighted by atomic mass is 16.5. The number of methoxy groups -OCH3 is 2. The maximum atomic E-state index is 11.6. The predicted octanol–water partition coefficient (Wildman–Crippen LogP) is 2.06. The number of hydrogen-bond acceptors (Lipinski definition) is 10. The molecule has 2 N–H and O–H groups in total. The Bertz CT molecular complexity index is 1280. The van der Waals surface area contributed by atoms with E-state index in [2.05, 4.69) is 19.6 Å². The van der Waals surface area contributed by atoms with Gasteiger partial charge in [0.2, 0.25) is 0 Å². The maximum absolute atomic E-state index is 11.6. The summed E-state index contributed by atoms with van der Waals surface area (Å²) < 4.78 is 15.3. The van der Waals surface area contributed by atoms with Crippen molar-refractivity contribution in [3.63, 3.8) is 0 Å². The molecule has 1 aromatic carbocycles. The zero-order valence-electron chi connectivity index (χ0n) is 19.2. The number of hydrogen-bond donors (Lipinski definition) is 1. The molecule has 0 fully saturated rings. The molecule has 34 heavy (non-hydrogen) atoms. The van der Waals surface area contributed by atoms with Crippen LogP contribution in [0.1, 0.15) is 68.8 Å². The smallest absolute Gasteiger partial charge is 0.356 e. The number of esters is 3. The van der Waals surface area contributed by atoms with Crippen LogP contribution in [0.2, 0.25) is 0 Å². The molecule has 11 nitrogen and oxygen atoms in total. The lowest BCUT2D eigenvalue weighted by molar-refractivity contribution is -0.131. The van der Waals surface area contributed by atoms with Gasteiger partial charge in [0.15, 0.2) is 22.9 Å². The van der Waals surface area contributed by atoms with E-state index in [-0.39, 0.29) is 40.6 Å². The van der Waals surface area contributed by atoms with Crippen LogP contribution >= 0.6 is 0 Å². The first kappa shape index (κ1) is 24.5. The highest BCUT2D eigenvalue weighted by Gasteiger charge is 2.21. The number of carbonyl (C=O) groups excluding carboxylic acids is 4. The second-order valence-corrected chi connectivity index (χ2v) is 7.46. The van der Waals surface area contributed by atoms with Gasteiger partial charge in [0.05, 0.1) is 26.0 Å². The van der Waals surface area contributed by atoms with E-state index in [1.807, 2.05) is 12.1 Å². The summed E-state index contributed by atoms with van der Waals surface area (Å²) >= 11 is 0. The Morgan fingerprint density at radius 1 is 1.06 bits per heavy atom. The summed E-state index contributed by atoms with van der Waals surface area (Å²) in [6, 6.07) is 6.99. The van der Waals surface area contributed by atoms with Gasteiger partial charge < -0.3 is 19.9 Å². The number of ketones is 1.